The number of hydrogen-bond donors (Lipinski definition) is 2. The van der Waals surface area contributed by atoms with Gasteiger partial charge in [0.15, 0.2) is 0 Å². The van der Waals surface area contributed by atoms with Gasteiger partial charge in [0.1, 0.15) is 5.69 Å². The topological polar surface area (TPSA) is 73.1 Å². The van der Waals surface area contributed by atoms with Gasteiger partial charge in [0.05, 0.1) is 13.2 Å². The number of fused-ring (bicyclic) bond motifs is 1. The molecule has 0 fully saturated rings. The maximum absolute atomic E-state index is 5.73. The molecule has 1 heterocycles. The van der Waals surface area contributed by atoms with Crippen molar-refractivity contribution in [3.05, 3.63) is 53.0 Å². The normalized spacial score (nSPS) is 14.9. The molecular formula is C15H18N4O. The van der Waals surface area contributed by atoms with Gasteiger partial charge in [-0.2, -0.15) is 0 Å². The van der Waals surface area contributed by atoms with E-state index in [0.29, 0.717) is 11.6 Å². The van der Waals surface area contributed by atoms with Gasteiger partial charge in [-0.1, -0.05) is 18.2 Å². The SMILES string of the molecule is COc1nccnc1C(NN)c1ccc2c(c1)CCC2. The molecule has 2 aromatic rings. The van der Waals surface area contributed by atoms with Crippen LogP contribution < -0.4 is 16.0 Å². The first-order valence-corrected chi connectivity index (χ1v) is 6.76. The molecule has 0 amide bonds. The van der Waals surface area contributed by atoms with Crippen LogP contribution in [0.1, 0.15) is 34.8 Å². The van der Waals surface area contributed by atoms with Gasteiger partial charge in [-0.3, -0.25) is 10.8 Å². The first kappa shape index (κ1) is 13.0. The van der Waals surface area contributed by atoms with Crippen molar-refractivity contribution in [2.75, 3.05) is 7.11 Å². The Balaban J connectivity index is 2.01. The first-order valence-electron chi connectivity index (χ1n) is 6.76. The third kappa shape index (κ3) is 2.26. The zero-order valence-corrected chi connectivity index (χ0v) is 11.5. The predicted molar refractivity (Wildman–Crippen MR) is 76.2 cm³/mol. The highest BCUT2D eigenvalue weighted by atomic mass is 16.5. The number of nitrogens with one attached hydrogen (secondary N) is 1. The summed E-state index contributed by atoms with van der Waals surface area (Å²) >= 11 is 0. The average Bonchev–Trinajstić information content (AvgIpc) is 2.96. The van der Waals surface area contributed by atoms with Crippen molar-refractivity contribution < 1.29 is 4.74 Å². The molecule has 104 valence electrons. The number of nitrogens with two attached hydrogens (primary N) is 1. The number of aryl methyl sites for hydroxylation is 2. The molecule has 0 aliphatic heterocycles. The Bertz CT molecular complexity index is 615. The van der Waals surface area contributed by atoms with Crippen LogP contribution in [0.15, 0.2) is 30.6 Å². The molecule has 0 radical (unpaired) electrons. The molecule has 3 rings (SSSR count). The molecule has 20 heavy (non-hydrogen) atoms. The second kappa shape index (κ2) is 5.56. The highest BCUT2D eigenvalue weighted by molar-refractivity contribution is 5.40. The Morgan fingerprint density at radius 2 is 2.00 bits per heavy atom. The third-order valence-corrected chi connectivity index (χ3v) is 3.78. The molecule has 0 saturated carbocycles. The van der Waals surface area contributed by atoms with E-state index in [9.17, 15) is 0 Å². The molecule has 1 aliphatic carbocycles. The fourth-order valence-electron chi connectivity index (χ4n) is 2.80. The number of aromatic nitrogens is 2. The van der Waals surface area contributed by atoms with E-state index in [1.807, 2.05) is 0 Å². The summed E-state index contributed by atoms with van der Waals surface area (Å²) in [6, 6.07) is 6.28. The Kier molecular flexibility index (Phi) is 3.62. The minimum atomic E-state index is -0.218. The zero-order chi connectivity index (χ0) is 13.9. The fraction of sp³-hybridized carbons (Fsp3) is 0.333. The number of nitrogens with zero attached hydrogens (tertiary/aromatic N) is 2. The van der Waals surface area contributed by atoms with Gasteiger partial charge in [-0.25, -0.2) is 10.4 Å². The monoisotopic (exact) mass is 270 g/mol. The van der Waals surface area contributed by atoms with E-state index in [1.165, 1.54) is 24.0 Å². The lowest BCUT2D eigenvalue weighted by Gasteiger charge is -2.18. The van der Waals surface area contributed by atoms with Crippen molar-refractivity contribution >= 4 is 0 Å². The van der Waals surface area contributed by atoms with E-state index < -0.39 is 0 Å². The third-order valence-electron chi connectivity index (χ3n) is 3.78. The highest BCUT2D eigenvalue weighted by Crippen LogP contribution is 2.29. The van der Waals surface area contributed by atoms with Crippen LogP contribution in [-0.4, -0.2) is 17.1 Å². The quantitative estimate of drug-likeness (QED) is 0.651. The fourth-order valence-corrected chi connectivity index (χ4v) is 2.80. The van der Waals surface area contributed by atoms with Gasteiger partial charge in [-0.15, -0.1) is 0 Å². The van der Waals surface area contributed by atoms with Crippen molar-refractivity contribution in [3.63, 3.8) is 0 Å². The molecule has 1 unspecified atom stereocenters. The van der Waals surface area contributed by atoms with E-state index in [4.69, 9.17) is 10.6 Å². The summed E-state index contributed by atoms with van der Waals surface area (Å²) in [6.45, 7) is 0. The molecule has 0 bridgehead atoms. The van der Waals surface area contributed by atoms with Gasteiger partial charge in [0.2, 0.25) is 5.88 Å². The van der Waals surface area contributed by atoms with Crippen LogP contribution in [0.2, 0.25) is 0 Å². The van der Waals surface area contributed by atoms with E-state index in [1.54, 1.807) is 19.5 Å². The van der Waals surface area contributed by atoms with E-state index >= 15 is 0 Å². The summed E-state index contributed by atoms with van der Waals surface area (Å²) in [7, 11) is 1.59. The van der Waals surface area contributed by atoms with E-state index in [0.717, 1.165) is 12.0 Å². The average molecular weight is 270 g/mol. The van der Waals surface area contributed by atoms with E-state index in [2.05, 4.69) is 33.6 Å². The lowest BCUT2D eigenvalue weighted by atomic mass is 9.99. The molecule has 0 saturated heterocycles. The Labute approximate surface area is 118 Å². The van der Waals surface area contributed by atoms with Crippen molar-refractivity contribution in [3.8, 4) is 5.88 Å². The smallest absolute Gasteiger partial charge is 0.237 e. The van der Waals surface area contributed by atoms with Gasteiger partial charge in [0, 0.05) is 12.4 Å². The van der Waals surface area contributed by atoms with Crippen LogP contribution in [-0.2, 0) is 12.8 Å². The lowest BCUT2D eigenvalue weighted by Crippen LogP contribution is -2.30. The van der Waals surface area contributed by atoms with Crippen LogP contribution in [0.3, 0.4) is 0 Å². The van der Waals surface area contributed by atoms with Crippen LogP contribution in [0.5, 0.6) is 5.88 Å². The van der Waals surface area contributed by atoms with Gasteiger partial charge in [0.25, 0.3) is 0 Å². The predicted octanol–water partition coefficient (Wildman–Crippen LogP) is 1.53. The Morgan fingerprint density at radius 1 is 1.20 bits per heavy atom. The van der Waals surface area contributed by atoms with Crippen LogP contribution in [0.4, 0.5) is 0 Å². The number of ether oxygens (including phenoxy) is 1. The van der Waals surface area contributed by atoms with Gasteiger partial charge < -0.3 is 4.74 Å². The number of hydrazine groups is 1. The maximum Gasteiger partial charge on any atom is 0.237 e. The number of rotatable bonds is 4. The van der Waals surface area contributed by atoms with Crippen molar-refractivity contribution in [1.29, 1.82) is 0 Å². The number of methoxy groups -OCH3 is 1. The number of benzene rings is 1. The molecular weight excluding hydrogens is 252 g/mol. The van der Waals surface area contributed by atoms with Crippen molar-refractivity contribution in [1.82, 2.24) is 15.4 Å². The summed E-state index contributed by atoms with van der Waals surface area (Å²) in [6.07, 6.45) is 6.80. The minimum absolute atomic E-state index is 0.218. The summed E-state index contributed by atoms with van der Waals surface area (Å²) in [5, 5.41) is 0. The Morgan fingerprint density at radius 3 is 2.80 bits per heavy atom. The molecule has 3 N–H and O–H groups in total. The molecule has 1 aromatic carbocycles. The second-order valence-electron chi connectivity index (χ2n) is 4.93. The lowest BCUT2D eigenvalue weighted by molar-refractivity contribution is 0.383. The van der Waals surface area contributed by atoms with Crippen molar-refractivity contribution in [2.45, 2.75) is 25.3 Å². The molecule has 0 spiro atoms. The molecule has 1 aliphatic rings. The maximum atomic E-state index is 5.73. The summed E-state index contributed by atoms with van der Waals surface area (Å²) in [5.41, 5.74) is 7.46. The van der Waals surface area contributed by atoms with Crippen LogP contribution in [0.25, 0.3) is 0 Å². The molecule has 5 heteroatoms. The van der Waals surface area contributed by atoms with Crippen LogP contribution in [0, 0.1) is 0 Å². The second-order valence-corrected chi connectivity index (χ2v) is 4.93. The summed E-state index contributed by atoms with van der Waals surface area (Å²) in [5.74, 6) is 6.23. The minimum Gasteiger partial charge on any atom is -0.480 e. The number of hydrogen-bond acceptors (Lipinski definition) is 5. The molecule has 1 aromatic heterocycles. The Hall–Kier alpha value is -1.98. The molecule has 5 nitrogen and oxygen atoms in total. The van der Waals surface area contributed by atoms with Crippen molar-refractivity contribution in [2.24, 2.45) is 5.84 Å². The summed E-state index contributed by atoms with van der Waals surface area (Å²) in [4.78, 5) is 8.54. The van der Waals surface area contributed by atoms with Gasteiger partial charge in [-0.05, 0) is 36.0 Å². The van der Waals surface area contributed by atoms with E-state index in [-0.39, 0.29) is 6.04 Å². The standard InChI is InChI=1S/C15H18N4O/c1-20-15-14(17-7-8-18-15)13(19-16)12-6-5-10-3-2-4-11(10)9-12/h5-9,13,19H,2-4,16H2,1H3. The van der Waals surface area contributed by atoms with Crippen LogP contribution >= 0.6 is 0 Å². The van der Waals surface area contributed by atoms with Gasteiger partial charge >= 0.3 is 0 Å². The zero-order valence-electron chi connectivity index (χ0n) is 11.5. The first-order chi connectivity index (χ1) is 9.83. The largest absolute Gasteiger partial charge is 0.480 e. The highest BCUT2D eigenvalue weighted by Gasteiger charge is 2.21. The molecule has 1 atom stereocenters. The summed E-state index contributed by atoms with van der Waals surface area (Å²) < 4.78 is 5.27.